The van der Waals surface area contributed by atoms with E-state index >= 15 is 0 Å². The van der Waals surface area contributed by atoms with Gasteiger partial charge in [-0.25, -0.2) is 4.79 Å². The van der Waals surface area contributed by atoms with Crippen LogP contribution in [0.25, 0.3) is 0 Å². The van der Waals surface area contributed by atoms with E-state index in [9.17, 15) is 9.90 Å². The summed E-state index contributed by atoms with van der Waals surface area (Å²) in [4.78, 5) is 13.4. The molecule has 1 aliphatic heterocycles. The van der Waals surface area contributed by atoms with Crippen LogP contribution in [0.1, 0.15) is 18.4 Å². The minimum atomic E-state index is -1.15. The van der Waals surface area contributed by atoms with Gasteiger partial charge in [-0.1, -0.05) is 30.3 Å². The summed E-state index contributed by atoms with van der Waals surface area (Å²) in [6.07, 6.45) is -0.202. The van der Waals surface area contributed by atoms with E-state index in [-0.39, 0.29) is 6.61 Å². The number of rotatable bonds is 3. The number of likely N-dealkylation sites (tertiary alicyclic amines) is 1. The average molecular weight is 260 g/mol. The molecule has 5 heteroatoms. The fraction of sp³-hybridized carbons (Fsp3) is 0.429. The maximum Gasteiger partial charge on any atom is 0.410 e. The number of hydrogen-bond acceptors (Lipinski definition) is 4. The average Bonchev–Trinajstić information content (AvgIpc) is 2.94. The molecule has 5 nitrogen and oxygen atoms in total. The summed E-state index contributed by atoms with van der Waals surface area (Å²) in [6, 6.07) is 10.7. The second-order valence-corrected chi connectivity index (χ2v) is 4.52. The molecule has 0 aliphatic carbocycles. The minimum absolute atomic E-state index is 0.200. The highest BCUT2D eigenvalue weighted by Crippen LogP contribution is 2.21. The van der Waals surface area contributed by atoms with Gasteiger partial charge in [-0.15, -0.1) is 0 Å². The molecule has 1 amide bonds. The van der Waals surface area contributed by atoms with Crippen molar-refractivity contribution < 1.29 is 14.6 Å². The van der Waals surface area contributed by atoms with Crippen LogP contribution in [0, 0.1) is 11.3 Å². The summed E-state index contributed by atoms with van der Waals surface area (Å²) in [6.45, 7) is 0.725. The molecule has 0 bridgehead atoms. The number of aliphatic hydroxyl groups excluding tert-OH is 1. The Morgan fingerprint density at radius 1 is 1.53 bits per heavy atom. The van der Waals surface area contributed by atoms with Gasteiger partial charge in [-0.3, -0.25) is 0 Å². The SMILES string of the molecule is N#CC(O)[C@@H]1CCCN1C(=O)OCc1ccccc1. The van der Waals surface area contributed by atoms with Crippen LogP contribution in [-0.4, -0.2) is 34.8 Å². The monoisotopic (exact) mass is 260 g/mol. The van der Waals surface area contributed by atoms with E-state index in [4.69, 9.17) is 10.00 Å². The van der Waals surface area contributed by atoms with Crippen molar-refractivity contribution in [2.24, 2.45) is 0 Å². The molecule has 1 aliphatic rings. The van der Waals surface area contributed by atoms with E-state index in [2.05, 4.69) is 0 Å². The van der Waals surface area contributed by atoms with Gasteiger partial charge in [0.2, 0.25) is 0 Å². The first-order valence-corrected chi connectivity index (χ1v) is 6.27. The number of nitriles is 1. The smallest absolute Gasteiger partial charge is 0.410 e. The molecule has 0 aromatic heterocycles. The van der Waals surface area contributed by atoms with Gasteiger partial charge in [0.15, 0.2) is 6.10 Å². The molecule has 1 saturated heterocycles. The topological polar surface area (TPSA) is 73.6 Å². The van der Waals surface area contributed by atoms with Crippen molar-refractivity contribution in [2.75, 3.05) is 6.54 Å². The number of aliphatic hydroxyl groups is 1. The third kappa shape index (κ3) is 3.24. The van der Waals surface area contributed by atoms with Crippen molar-refractivity contribution in [2.45, 2.75) is 31.6 Å². The van der Waals surface area contributed by atoms with Crippen molar-refractivity contribution in [3.63, 3.8) is 0 Å². The fourth-order valence-electron chi connectivity index (χ4n) is 2.24. The zero-order valence-electron chi connectivity index (χ0n) is 10.5. The molecule has 1 fully saturated rings. The summed E-state index contributed by atoms with van der Waals surface area (Å²) in [7, 11) is 0. The normalized spacial score (nSPS) is 19.8. The van der Waals surface area contributed by atoms with E-state index in [1.54, 1.807) is 6.07 Å². The summed E-state index contributed by atoms with van der Waals surface area (Å²) in [5.74, 6) is 0. The van der Waals surface area contributed by atoms with Crippen LogP contribution in [0.4, 0.5) is 4.79 Å². The number of amides is 1. The fourth-order valence-corrected chi connectivity index (χ4v) is 2.24. The quantitative estimate of drug-likeness (QED) is 0.839. The van der Waals surface area contributed by atoms with Crippen LogP contribution in [0.3, 0.4) is 0 Å². The Hall–Kier alpha value is -2.06. The van der Waals surface area contributed by atoms with Gasteiger partial charge in [0.25, 0.3) is 0 Å². The number of nitrogens with zero attached hydrogens (tertiary/aromatic N) is 2. The van der Waals surface area contributed by atoms with Crippen LogP contribution in [0.15, 0.2) is 30.3 Å². The molecule has 0 spiro atoms. The number of carbonyl (C=O) groups is 1. The Morgan fingerprint density at radius 3 is 2.95 bits per heavy atom. The van der Waals surface area contributed by atoms with Crippen LogP contribution in [0.5, 0.6) is 0 Å². The number of carbonyl (C=O) groups excluding carboxylic acids is 1. The Bertz CT molecular complexity index is 469. The predicted molar refractivity (Wildman–Crippen MR) is 68.0 cm³/mol. The Balaban J connectivity index is 1.91. The van der Waals surface area contributed by atoms with Gasteiger partial charge >= 0.3 is 6.09 Å². The van der Waals surface area contributed by atoms with Crippen molar-refractivity contribution >= 4 is 6.09 Å². The van der Waals surface area contributed by atoms with Gasteiger partial charge in [-0.05, 0) is 18.4 Å². The van der Waals surface area contributed by atoms with E-state index in [1.807, 2.05) is 30.3 Å². The molecule has 0 radical (unpaired) electrons. The van der Waals surface area contributed by atoms with Crippen molar-refractivity contribution in [1.82, 2.24) is 4.90 Å². The molecule has 100 valence electrons. The van der Waals surface area contributed by atoms with Gasteiger partial charge in [0.1, 0.15) is 6.61 Å². The van der Waals surface area contributed by atoms with E-state index in [0.717, 1.165) is 12.0 Å². The molecule has 2 rings (SSSR count). The van der Waals surface area contributed by atoms with Gasteiger partial charge in [0, 0.05) is 6.54 Å². The molecule has 1 aromatic carbocycles. The summed E-state index contributed by atoms with van der Waals surface area (Å²) in [5.41, 5.74) is 0.910. The molecule has 2 atom stereocenters. The van der Waals surface area contributed by atoms with Crippen LogP contribution in [-0.2, 0) is 11.3 Å². The van der Waals surface area contributed by atoms with Gasteiger partial charge in [-0.2, -0.15) is 5.26 Å². The predicted octanol–water partition coefficient (Wildman–Crippen LogP) is 1.67. The zero-order chi connectivity index (χ0) is 13.7. The first-order chi connectivity index (χ1) is 9.22. The zero-order valence-corrected chi connectivity index (χ0v) is 10.5. The third-order valence-electron chi connectivity index (χ3n) is 3.24. The molecular formula is C14H16N2O3. The van der Waals surface area contributed by atoms with Crippen molar-refractivity contribution in [3.05, 3.63) is 35.9 Å². The summed E-state index contributed by atoms with van der Waals surface area (Å²) < 4.78 is 5.20. The highest BCUT2D eigenvalue weighted by Gasteiger charge is 2.34. The second-order valence-electron chi connectivity index (χ2n) is 4.52. The van der Waals surface area contributed by atoms with E-state index in [1.165, 1.54) is 4.90 Å². The van der Waals surface area contributed by atoms with E-state index < -0.39 is 18.2 Å². The lowest BCUT2D eigenvalue weighted by atomic mass is 10.1. The minimum Gasteiger partial charge on any atom is -0.445 e. The first-order valence-electron chi connectivity index (χ1n) is 6.27. The maximum atomic E-state index is 11.9. The standard InChI is InChI=1S/C14H16N2O3/c15-9-13(17)12-7-4-8-16(12)14(18)19-10-11-5-2-1-3-6-11/h1-3,5-6,12-13,17H,4,7-8,10H2/t12-,13?/m0/s1. The molecular weight excluding hydrogens is 244 g/mol. The van der Waals surface area contributed by atoms with Gasteiger partial charge in [0.05, 0.1) is 12.1 Å². The van der Waals surface area contributed by atoms with Crippen molar-refractivity contribution in [1.29, 1.82) is 5.26 Å². The molecule has 1 unspecified atom stereocenters. The highest BCUT2D eigenvalue weighted by molar-refractivity contribution is 5.68. The highest BCUT2D eigenvalue weighted by atomic mass is 16.6. The lowest BCUT2D eigenvalue weighted by molar-refractivity contribution is 0.0658. The number of ether oxygens (including phenoxy) is 1. The Kier molecular flexibility index (Phi) is 4.37. The third-order valence-corrected chi connectivity index (χ3v) is 3.24. The van der Waals surface area contributed by atoms with Crippen molar-refractivity contribution in [3.8, 4) is 6.07 Å². The van der Waals surface area contributed by atoms with Gasteiger partial charge < -0.3 is 14.7 Å². The summed E-state index contributed by atoms with van der Waals surface area (Å²) >= 11 is 0. The lowest BCUT2D eigenvalue weighted by Crippen LogP contribution is -2.42. The molecule has 0 saturated carbocycles. The van der Waals surface area contributed by atoms with E-state index in [0.29, 0.717) is 13.0 Å². The second kappa shape index (κ2) is 6.21. The lowest BCUT2D eigenvalue weighted by Gasteiger charge is -2.24. The Morgan fingerprint density at radius 2 is 2.26 bits per heavy atom. The molecule has 1 N–H and O–H groups in total. The maximum absolute atomic E-state index is 11.9. The number of benzene rings is 1. The molecule has 19 heavy (non-hydrogen) atoms. The van der Waals surface area contributed by atoms with Crippen LogP contribution in [0.2, 0.25) is 0 Å². The largest absolute Gasteiger partial charge is 0.445 e. The summed E-state index contributed by atoms with van der Waals surface area (Å²) in [5, 5.41) is 18.3. The van der Waals surface area contributed by atoms with Crippen LogP contribution < -0.4 is 0 Å². The van der Waals surface area contributed by atoms with Crippen LogP contribution >= 0.6 is 0 Å². The molecule has 1 aromatic rings. The molecule has 1 heterocycles. The first kappa shape index (κ1) is 13.4. The number of hydrogen-bond donors (Lipinski definition) is 1. The Labute approximate surface area is 112 Å².